The molecule has 1 saturated carbocycles. The maximum atomic E-state index is 12.9. The minimum absolute atomic E-state index is 0.00828. The molecule has 0 heterocycles. The summed E-state index contributed by atoms with van der Waals surface area (Å²) in [6.07, 6.45) is 2.50. The summed E-state index contributed by atoms with van der Waals surface area (Å²) in [6.45, 7) is 4.17. The molecule has 1 fully saturated rings. The highest BCUT2D eigenvalue weighted by Crippen LogP contribution is 2.47. The third-order valence-corrected chi connectivity index (χ3v) is 4.26. The molecule has 0 radical (unpaired) electrons. The molecule has 2 rings (SSSR count). The van der Waals surface area contributed by atoms with Gasteiger partial charge in [0.05, 0.1) is 0 Å². The molecule has 0 saturated heterocycles. The van der Waals surface area contributed by atoms with Crippen LogP contribution in [0.5, 0.6) is 0 Å². The van der Waals surface area contributed by atoms with E-state index in [1.807, 2.05) is 13.8 Å². The standard InChI is InChI=1S/C17H24FNO2/c1-3-14(8-11(2)10-20)19-17(21)16-9-15(16)12-4-6-13(18)7-5-12/h4-7,11,14-16,20H,3,8-10H2,1-2H3,(H,19,21)/t11-,14+,15-,16+/m0/s1. The quantitative estimate of drug-likeness (QED) is 0.812. The number of amides is 1. The predicted octanol–water partition coefficient (Wildman–Crippen LogP) is 2.84. The van der Waals surface area contributed by atoms with Gasteiger partial charge in [-0.05, 0) is 48.8 Å². The van der Waals surface area contributed by atoms with Crippen molar-refractivity contribution in [2.24, 2.45) is 11.8 Å². The van der Waals surface area contributed by atoms with Crippen LogP contribution in [0.4, 0.5) is 4.39 Å². The first kappa shape index (κ1) is 16.0. The Bertz CT molecular complexity index is 474. The fourth-order valence-corrected chi connectivity index (χ4v) is 2.76. The molecule has 116 valence electrons. The highest BCUT2D eigenvalue weighted by atomic mass is 19.1. The number of carbonyl (C=O) groups excluding carboxylic acids is 1. The monoisotopic (exact) mass is 293 g/mol. The molecule has 4 heteroatoms. The largest absolute Gasteiger partial charge is 0.396 e. The minimum atomic E-state index is -0.246. The van der Waals surface area contributed by atoms with Crippen molar-refractivity contribution in [2.75, 3.05) is 6.61 Å². The van der Waals surface area contributed by atoms with Crippen LogP contribution >= 0.6 is 0 Å². The average molecular weight is 293 g/mol. The summed E-state index contributed by atoms with van der Waals surface area (Å²) in [5.41, 5.74) is 1.04. The first-order chi connectivity index (χ1) is 10.0. The number of hydrogen-bond donors (Lipinski definition) is 2. The number of benzene rings is 1. The molecule has 1 aliphatic carbocycles. The van der Waals surface area contributed by atoms with Crippen molar-refractivity contribution in [1.29, 1.82) is 0 Å². The smallest absolute Gasteiger partial charge is 0.223 e. The van der Waals surface area contributed by atoms with Crippen molar-refractivity contribution in [1.82, 2.24) is 5.32 Å². The topological polar surface area (TPSA) is 49.3 Å². The second-order valence-electron chi connectivity index (χ2n) is 6.14. The fraction of sp³-hybridized carbons (Fsp3) is 0.588. The van der Waals surface area contributed by atoms with E-state index >= 15 is 0 Å². The minimum Gasteiger partial charge on any atom is -0.396 e. The molecule has 2 N–H and O–H groups in total. The number of carbonyl (C=O) groups is 1. The molecule has 1 aromatic rings. The molecule has 1 aliphatic rings. The number of rotatable bonds is 7. The van der Waals surface area contributed by atoms with Gasteiger partial charge in [0.25, 0.3) is 0 Å². The second-order valence-corrected chi connectivity index (χ2v) is 6.14. The molecular formula is C17H24FNO2. The maximum absolute atomic E-state index is 12.9. The van der Waals surface area contributed by atoms with Crippen molar-refractivity contribution in [3.05, 3.63) is 35.6 Å². The van der Waals surface area contributed by atoms with E-state index in [0.29, 0.717) is 0 Å². The van der Waals surface area contributed by atoms with Gasteiger partial charge < -0.3 is 10.4 Å². The second kappa shape index (κ2) is 7.03. The lowest BCUT2D eigenvalue weighted by Gasteiger charge is -2.20. The molecule has 0 aromatic heterocycles. The van der Waals surface area contributed by atoms with Gasteiger partial charge in [0.2, 0.25) is 5.91 Å². The number of aliphatic hydroxyl groups excluding tert-OH is 1. The predicted molar refractivity (Wildman–Crippen MR) is 80.3 cm³/mol. The number of halogens is 1. The van der Waals surface area contributed by atoms with Gasteiger partial charge in [-0.3, -0.25) is 4.79 Å². The summed E-state index contributed by atoms with van der Waals surface area (Å²) in [5.74, 6) is 0.264. The zero-order chi connectivity index (χ0) is 15.4. The van der Waals surface area contributed by atoms with Crippen molar-refractivity contribution < 1.29 is 14.3 Å². The number of aliphatic hydroxyl groups is 1. The summed E-state index contributed by atoms with van der Waals surface area (Å²) >= 11 is 0. The Morgan fingerprint density at radius 3 is 2.67 bits per heavy atom. The molecule has 4 atom stereocenters. The first-order valence-corrected chi connectivity index (χ1v) is 7.71. The third-order valence-electron chi connectivity index (χ3n) is 4.26. The third kappa shape index (κ3) is 4.27. The molecule has 21 heavy (non-hydrogen) atoms. The summed E-state index contributed by atoms with van der Waals surface area (Å²) < 4.78 is 12.9. The lowest BCUT2D eigenvalue weighted by atomic mass is 10.0. The molecule has 0 spiro atoms. The van der Waals surface area contributed by atoms with Crippen LogP contribution in [0.25, 0.3) is 0 Å². The van der Waals surface area contributed by atoms with Crippen molar-refractivity contribution in [3.8, 4) is 0 Å². The zero-order valence-corrected chi connectivity index (χ0v) is 12.7. The Kier molecular flexibility index (Phi) is 5.34. The van der Waals surface area contributed by atoms with Gasteiger partial charge in [-0.1, -0.05) is 26.0 Å². The van der Waals surface area contributed by atoms with E-state index in [1.54, 1.807) is 12.1 Å². The summed E-state index contributed by atoms with van der Waals surface area (Å²) in [4.78, 5) is 12.2. The fourth-order valence-electron chi connectivity index (χ4n) is 2.76. The van der Waals surface area contributed by atoms with Crippen LogP contribution in [0.2, 0.25) is 0 Å². The molecular weight excluding hydrogens is 269 g/mol. The van der Waals surface area contributed by atoms with E-state index in [1.165, 1.54) is 12.1 Å². The van der Waals surface area contributed by atoms with Gasteiger partial charge in [0.1, 0.15) is 5.82 Å². The summed E-state index contributed by atoms with van der Waals surface area (Å²) in [7, 11) is 0. The Balaban J connectivity index is 1.86. The van der Waals surface area contributed by atoms with Gasteiger partial charge in [-0.15, -0.1) is 0 Å². The van der Waals surface area contributed by atoms with Crippen LogP contribution in [0.15, 0.2) is 24.3 Å². The van der Waals surface area contributed by atoms with Gasteiger partial charge in [-0.2, -0.15) is 0 Å². The SMILES string of the molecule is CC[C@H](C[C@H](C)CO)NC(=O)[C@@H]1C[C@H]1c1ccc(F)cc1. The molecule has 0 unspecified atom stereocenters. The van der Waals surface area contributed by atoms with Crippen LogP contribution in [0, 0.1) is 17.7 Å². The van der Waals surface area contributed by atoms with Crippen molar-refractivity contribution in [3.63, 3.8) is 0 Å². The van der Waals surface area contributed by atoms with Gasteiger partial charge in [0, 0.05) is 18.6 Å². The Morgan fingerprint density at radius 1 is 1.43 bits per heavy atom. The number of hydrogen-bond acceptors (Lipinski definition) is 2. The van der Waals surface area contributed by atoms with Crippen LogP contribution in [0.3, 0.4) is 0 Å². The van der Waals surface area contributed by atoms with Crippen LogP contribution in [-0.2, 0) is 4.79 Å². The molecule has 3 nitrogen and oxygen atoms in total. The molecule has 1 amide bonds. The van der Waals surface area contributed by atoms with Crippen molar-refractivity contribution in [2.45, 2.75) is 45.1 Å². The Hall–Kier alpha value is -1.42. The zero-order valence-electron chi connectivity index (χ0n) is 12.7. The van der Waals surface area contributed by atoms with Crippen LogP contribution in [0.1, 0.15) is 44.6 Å². The number of nitrogens with one attached hydrogen (secondary N) is 1. The highest BCUT2D eigenvalue weighted by molar-refractivity contribution is 5.83. The highest BCUT2D eigenvalue weighted by Gasteiger charge is 2.44. The first-order valence-electron chi connectivity index (χ1n) is 7.71. The van der Waals surface area contributed by atoms with Gasteiger partial charge >= 0.3 is 0 Å². The average Bonchev–Trinajstić information content (AvgIpc) is 3.27. The maximum Gasteiger partial charge on any atom is 0.223 e. The van der Waals surface area contributed by atoms with E-state index < -0.39 is 0 Å². The van der Waals surface area contributed by atoms with Crippen LogP contribution in [-0.4, -0.2) is 23.7 Å². The van der Waals surface area contributed by atoms with E-state index in [9.17, 15) is 9.18 Å². The van der Waals surface area contributed by atoms with Crippen LogP contribution < -0.4 is 5.32 Å². The Labute approximate surface area is 125 Å². The molecule has 1 aromatic carbocycles. The molecule has 0 bridgehead atoms. The molecule has 0 aliphatic heterocycles. The van der Waals surface area contributed by atoms with E-state index in [0.717, 1.165) is 24.8 Å². The van der Waals surface area contributed by atoms with Crippen molar-refractivity contribution >= 4 is 5.91 Å². The van der Waals surface area contributed by atoms with Gasteiger partial charge in [-0.25, -0.2) is 4.39 Å². The van der Waals surface area contributed by atoms with E-state index in [2.05, 4.69) is 5.32 Å². The van der Waals surface area contributed by atoms with E-state index in [-0.39, 0.29) is 42.1 Å². The summed E-state index contributed by atoms with van der Waals surface area (Å²) in [6, 6.07) is 6.53. The summed E-state index contributed by atoms with van der Waals surface area (Å²) in [5, 5.41) is 12.2. The van der Waals surface area contributed by atoms with E-state index in [4.69, 9.17) is 5.11 Å². The lowest BCUT2D eigenvalue weighted by molar-refractivity contribution is -0.123. The van der Waals surface area contributed by atoms with Gasteiger partial charge in [0.15, 0.2) is 0 Å². The normalized spacial score (nSPS) is 23.4. The lowest BCUT2D eigenvalue weighted by Crippen LogP contribution is -2.37. The Morgan fingerprint density at radius 2 is 2.10 bits per heavy atom.